The molecule has 3 heterocycles. The van der Waals surface area contributed by atoms with Gasteiger partial charge >= 0.3 is 5.97 Å². The number of piperidine rings is 1. The minimum atomic E-state index is -0.173. The number of halogens is 1. The van der Waals surface area contributed by atoms with Gasteiger partial charge in [0.05, 0.1) is 23.9 Å². The lowest BCUT2D eigenvalue weighted by Gasteiger charge is -2.33. The molecule has 2 aromatic carbocycles. The van der Waals surface area contributed by atoms with Gasteiger partial charge in [0.1, 0.15) is 12.4 Å². The summed E-state index contributed by atoms with van der Waals surface area (Å²) in [6, 6.07) is 15.6. The molecule has 7 heteroatoms. The first-order valence-electron chi connectivity index (χ1n) is 10.9. The van der Waals surface area contributed by atoms with Crippen LogP contribution < -0.4 is 9.64 Å². The van der Waals surface area contributed by atoms with Crippen LogP contribution in [0.1, 0.15) is 25.3 Å². The van der Waals surface area contributed by atoms with Gasteiger partial charge in [-0.25, -0.2) is 9.97 Å². The van der Waals surface area contributed by atoms with E-state index in [1.807, 2.05) is 55.5 Å². The van der Waals surface area contributed by atoms with E-state index < -0.39 is 0 Å². The van der Waals surface area contributed by atoms with Crippen molar-refractivity contribution in [2.75, 3.05) is 24.6 Å². The van der Waals surface area contributed by atoms with E-state index in [9.17, 15) is 4.79 Å². The second kappa shape index (κ2) is 8.79. The van der Waals surface area contributed by atoms with Crippen LogP contribution in [0.2, 0.25) is 5.02 Å². The molecular weight excluding hydrogens is 426 g/mol. The third kappa shape index (κ3) is 3.91. The van der Waals surface area contributed by atoms with Crippen LogP contribution in [0.4, 0.5) is 5.95 Å². The maximum atomic E-state index is 12.4. The fourth-order valence-electron chi connectivity index (χ4n) is 4.40. The zero-order valence-electron chi connectivity index (χ0n) is 17.9. The van der Waals surface area contributed by atoms with Crippen molar-refractivity contribution in [3.8, 4) is 28.3 Å². The first-order chi connectivity index (χ1) is 15.6. The maximum Gasteiger partial charge on any atom is 0.310 e. The summed E-state index contributed by atoms with van der Waals surface area (Å²) < 4.78 is 11.3. The Morgan fingerprint density at radius 3 is 2.88 bits per heavy atom. The van der Waals surface area contributed by atoms with Crippen LogP contribution in [-0.4, -0.2) is 35.6 Å². The number of hydrogen-bond donors (Lipinski definition) is 0. The van der Waals surface area contributed by atoms with Crippen molar-refractivity contribution < 1.29 is 14.3 Å². The summed E-state index contributed by atoms with van der Waals surface area (Å²) in [6.07, 6.45) is 1.70. The molecule has 0 bridgehead atoms. The van der Waals surface area contributed by atoms with E-state index in [4.69, 9.17) is 31.0 Å². The highest BCUT2D eigenvalue weighted by Gasteiger charge is 2.31. The van der Waals surface area contributed by atoms with Gasteiger partial charge < -0.3 is 14.4 Å². The molecule has 0 unspecified atom stereocenters. The van der Waals surface area contributed by atoms with Crippen LogP contribution in [0.25, 0.3) is 22.5 Å². The van der Waals surface area contributed by atoms with Crippen molar-refractivity contribution in [3.05, 3.63) is 59.1 Å². The molecule has 2 aliphatic heterocycles. The fraction of sp³-hybridized carbons (Fsp3) is 0.320. The Hall–Kier alpha value is -3.12. The number of anilines is 1. The molecule has 1 saturated heterocycles. The van der Waals surface area contributed by atoms with Crippen LogP contribution >= 0.6 is 11.6 Å². The Balaban J connectivity index is 1.61. The Morgan fingerprint density at radius 1 is 1.19 bits per heavy atom. The molecule has 1 aromatic heterocycles. The van der Waals surface area contributed by atoms with Gasteiger partial charge in [0, 0.05) is 34.8 Å². The lowest BCUT2D eigenvalue weighted by Crippen LogP contribution is -2.40. The Bertz CT molecular complexity index is 1170. The Morgan fingerprint density at radius 2 is 2.03 bits per heavy atom. The summed E-state index contributed by atoms with van der Waals surface area (Å²) in [5, 5.41) is 0.647. The summed E-state index contributed by atoms with van der Waals surface area (Å²) in [4.78, 5) is 24.4. The highest BCUT2D eigenvalue weighted by Crippen LogP contribution is 2.41. The summed E-state index contributed by atoms with van der Waals surface area (Å²) >= 11 is 6.29. The molecule has 0 spiro atoms. The lowest BCUT2D eigenvalue weighted by molar-refractivity contribution is -0.148. The molecule has 1 atom stereocenters. The molecular formula is C25H24ClN3O3. The quantitative estimate of drug-likeness (QED) is 0.514. The van der Waals surface area contributed by atoms with Crippen molar-refractivity contribution in [2.24, 2.45) is 5.92 Å². The van der Waals surface area contributed by atoms with Gasteiger partial charge in [-0.05, 0) is 44.0 Å². The van der Waals surface area contributed by atoms with E-state index in [2.05, 4.69) is 4.90 Å². The highest BCUT2D eigenvalue weighted by atomic mass is 35.5. The summed E-state index contributed by atoms with van der Waals surface area (Å²) in [5.74, 6) is 1.10. The van der Waals surface area contributed by atoms with E-state index in [0.29, 0.717) is 30.7 Å². The van der Waals surface area contributed by atoms with Crippen LogP contribution in [0.5, 0.6) is 5.75 Å². The molecule has 0 radical (unpaired) electrons. The second-order valence-electron chi connectivity index (χ2n) is 8.03. The summed E-state index contributed by atoms with van der Waals surface area (Å²) in [7, 11) is 0. The highest BCUT2D eigenvalue weighted by molar-refractivity contribution is 6.30. The number of carbonyl (C=O) groups is 1. The first kappa shape index (κ1) is 20.8. The molecule has 2 aliphatic rings. The first-order valence-corrected chi connectivity index (χ1v) is 11.3. The normalized spacial score (nSPS) is 17.2. The standard InChI is InChI=1S/C25H24ClN3O3/c1-2-31-24(30)17-8-6-12-29(14-17)25-27-22(16-7-5-9-18(26)13-16)20-15-32-21-11-4-3-10-19(21)23(20)28-25/h3-5,7,9-11,13,17H,2,6,8,12,14-15H2,1H3/t17-/m1/s1. The zero-order chi connectivity index (χ0) is 22.1. The molecule has 0 N–H and O–H groups in total. The molecule has 164 valence electrons. The summed E-state index contributed by atoms with van der Waals surface area (Å²) in [5.41, 5.74) is 4.47. The van der Waals surface area contributed by atoms with Crippen molar-refractivity contribution in [2.45, 2.75) is 26.4 Å². The molecule has 1 fully saturated rings. The van der Waals surface area contributed by atoms with E-state index in [1.165, 1.54) is 0 Å². The van der Waals surface area contributed by atoms with Crippen molar-refractivity contribution in [1.29, 1.82) is 0 Å². The third-order valence-corrected chi connectivity index (χ3v) is 6.17. The van der Waals surface area contributed by atoms with Gasteiger partial charge in [0.25, 0.3) is 0 Å². The average Bonchev–Trinajstić information content (AvgIpc) is 2.83. The van der Waals surface area contributed by atoms with Crippen LogP contribution in [0.15, 0.2) is 48.5 Å². The van der Waals surface area contributed by atoms with E-state index in [-0.39, 0.29) is 11.9 Å². The number of carbonyl (C=O) groups excluding carboxylic acids is 1. The van der Waals surface area contributed by atoms with Gasteiger partial charge in [0.15, 0.2) is 0 Å². The van der Waals surface area contributed by atoms with Gasteiger partial charge in [-0.2, -0.15) is 0 Å². The number of aromatic nitrogens is 2. The molecule has 3 aromatic rings. The monoisotopic (exact) mass is 449 g/mol. The minimum Gasteiger partial charge on any atom is -0.488 e. The van der Waals surface area contributed by atoms with Crippen LogP contribution in [0.3, 0.4) is 0 Å². The molecule has 32 heavy (non-hydrogen) atoms. The van der Waals surface area contributed by atoms with Gasteiger partial charge in [0.2, 0.25) is 5.95 Å². The Kier molecular flexibility index (Phi) is 5.70. The molecule has 0 aliphatic carbocycles. The van der Waals surface area contributed by atoms with Crippen LogP contribution in [0, 0.1) is 5.92 Å². The number of rotatable bonds is 4. The van der Waals surface area contributed by atoms with E-state index >= 15 is 0 Å². The van der Waals surface area contributed by atoms with E-state index in [0.717, 1.165) is 53.2 Å². The number of nitrogens with zero attached hydrogens (tertiary/aromatic N) is 3. The minimum absolute atomic E-state index is 0.149. The van der Waals surface area contributed by atoms with Crippen molar-refractivity contribution >= 4 is 23.5 Å². The van der Waals surface area contributed by atoms with Gasteiger partial charge in [-0.15, -0.1) is 0 Å². The summed E-state index contributed by atoms with van der Waals surface area (Å²) in [6.45, 7) is 3.95. The number of esters is 1. The van der Waals surface area contributed by atoms with Crippen molar-refractivity contribution in [3.63, 3.8) is 0 Å². The number of ether oxygens (including phenoxy) is 2. The number of fused-ring (bicyclic) bond motifs is 3. The second-order valence-corrected chi connectivity index (χ2v) is 8.47. The Labute approximate surface area is 192 Å². The largest absolute Gasteiger partial charge is 0.488 e. The van der Waals surface area contributed by atoms with Crippen molar-refractivity contribution in [1.82, 2.24) is 9.97 Å². The van der Waals surface area contributed by atoms with Gasteiger partial charge in [-0.3, -0.25) is 4.79 Å². The third-order valence-electron chi connectivity index (χ3n) is 5.93. The molecule has 0 saturated carbocycles. The average molecular weight is 450 g/mol. The molecule has 5 rings (SSSR count). The molecule has 0 amide bonds. The predicted molar refractivity (Wildman–Crippen MR) is 124 cm³/mol. The SMILES string of the molecule is CCOC(=O)[C@@H]1CCCN(c2nc(-c3cccc(Cl)c3)c3c(n2)-c2ccccc2OC3)C1. The van der Waals surface area contributed by atoms with Gasteiger partial charge in [-0.1, -0.05) is 35.9 Å². The fourth-order valence-corrected chi connectivity index (χ4v) is 4.59. The zero-order valence-corrected chi connectivity index (χ0v) is 18.6. The number of hydrogen-bond acceptors (Lipinski definition) is 6. The lowest BCUT2D eigenvalue weighted by atomic mass is 9.97. The van der Waals surface area contributed by atoms with Crippen LogP contribution in [-0.2, 0) is 16.1 Å². The topological polar surface area (TPSA) is 64.5 Å². The number of para-hydroxylation sites is 1. The van der Waals surface area contributed by atoms with E-state index in [1.54, 1.807) is 0 Å². The molecule has 6 nitrogen and oxygen atoms in total. The maximum absolute atomic E-state index is 12.4. The number of benzene rings is 2. The smallest absolute Gasteiger partial charge is 0.310 e. The predicted octanol–water partition coefficient (Wildman–Crippen LogP) is 5.14.